The summed E-state index contributed by atoms with van der Waals surface area (Å²) >= 11 is 9.73. The minimum Gasteiger partial charge on any atom is -0.379 e. The third-order valence-corrected chi connectivity index (χ3v) is 4.46. The summed E-state index contributed by atoms with van der Waals surface area (Å²) in [6, 6.07) is 5.99. The van der Waals surface area contributed by atoms with E-state index in [2.05, 4.69) is 33.3 Å². The predicted octanol–water partition coefficient (Wildman–Crippen LogP) is 4.32. The number of nitrogens with zero attached hydrogens (tertiary/aromatic N) is 2. The van der Waals surface area contributed by atoms with E-state index >= 15 is 0 Å². The first-order chi connectivity index (χ1) is 9.02. The van der Waals surface area contributed by atoms with E-state index in [0.29, 0.717) is 6.54 Å². The van der Waals surface area contributed by atoms with Crippen molar-refractivity contribution < 1.29 is 0 Å². The molecule has 0 bridgehead atoms. The van der Waals surface area contributed by atoms with Crippen LogP contribution in [-0.2, 0) is 20.0 Å². The molecule has 0 aliphatic rings. The van der Waals surface area contributed by atoms with Gasteiger partial charge in [-0.1, -0.05) is 24.6 Å². The van der Waals surface area contributed by atoms with Gasteiger partial charge in [-0.25, -0.2) is 0 Å². The van der Waals surface area contributed by atoms with Crippen molar-refractivity contribution in [3.8, 4) is 0 Å². The van der Waals surface area contributed by atoms with E-state index in [9.17, 15) is 0 Å². The highest BCUT2D eigenvalue weighted by atomic mass is 79.9. The minimum absolute atomic E-state index is 0.712. The van der Waals surface area contributed by atoms with Crippen molar-refractivity contribution in [3.05, 3.63) is 44.6 Å². The number of aromatic nitrogens is 2. The van der Waals surface area contributed by atoms with Crippen LogP contribution in [0.5, 0.6) is 0 Å². The van der Waals surface area contributed by atoms with E-state index in [-0.39, 0.29) is 0 Å². The molecule has 1 aromatic heterocycles. The molecule has 102 valence electrons. The highest BCUT2D eigenvalue weighted by molar-refractivity contribution is 9.10. The van der Waals surface area contributed by atoms with E-state index in [1.807, 2.05) is 36.9 Å². The standard InChI is InChI=1S/C14H17BrClN3/c1-4-12-14(15)13(19(3)18-12)8-17-10-6-5-9(2)11(16)7-10/h5-7,17H,4,8H2,1-3H3. The summed E-state index contributed by atoms with van der Waals surface area (Å²) < 4.78 is 2.99. The second-order valence-corrected chi connectivity index (χ2v) is 5.70. The molecular weight excluding hydrogens is 326 g/mol. The van der Waals surface area contributed by atoms with Gasteiger partial charge in [-0.3, -0.25) is 4.68 Å². The summed E-state index contributed by atoms with van der Waals surface area (Å²) in [6.07, 6.45) is 0.921. The zero-order valence-electron chi connectivity index (χ0n) is 11.3. The molecule has 2 aromatic rings. The van der Waals surface area contributed by atoms with Gasteiger partial charge in [-0.15, -0.1) is 0 Å². The first-order valence-corrected chi connectivity index (χ1v) is 7.40. The lowest BCUT2D eigenvalue weighted by atomic mass is 10.2. The van der Waals surface area contributed by atoms with Crippen molar-refractivity contribution in [3.63, 3.8) is 0 Å². The molecule has 0 saturated heterocycles. The molecular formula is C14H17BrClN3. The summed E-state index contributed by atoms with van der Waals surface area (Å²) in [5.74, 6) is 0. The minimum atomic E-state index is 0.712. The molecule has 0 radical (unpaired) electrons. The molecule has 0 amide bonds. The molecule has 2 rings (SSSR count). The van der Waals surface area contributed by atoms with Gasteiger partial charge < -0.3 is 5.32 Å². The second-order valence-electron chi connectivity index (χ2n) is 4.50. The van der Waals surface area contributed by atoms with Gasteiger partial charge in [0.2, 0.25) is 0 Å². The van der Waals surface area contributed by atoms with Crippen LogP contribution in [0.2, 0.25) is 5.02 Å². The van der Waals surface area contributed by atoms with Crippen LogP contribution in [0.1, 0.15) is 23.9 Å². The quantitative estimate of drug-likeness (QED) is 0.897. The number of nitrogens with one attached hydrogen (secondary N) is 1. The van der Waals surface area contributed by atoms with Crippen LogP contribution in [0.15, 0.2) is 22.7 Å². The average molecular weight is 343 g/mol. The summed E-state index contributed by atoms with van der Waals surface area (Å²) in [4.78, 5) is 0. The Morgan fingerprint density at radius 2 is 2.16 bits per heavy atom. The molecule has 0 spiro atoms. The molecule has 1 aromatic carbocycles. The van der Waals surface area contributed by atoms with Gasteiger partial charge in [0.25, 0.3) is 0 Å². The number of rotatable bonds is 4. The highest BCUT2D eigenvalue weighted by Crippen LogP contribution is 2.24. The third-order valence-electron chi connectivity index (χ3n) is 3.13. The van der Waals surface area contributed by atoms with Crippen molar-refractivity contribution in [1.82, 2.24) is 9.78 Å². The van der Waals surface area contributed by atoms with Crippen LogP contribution in [0.4, 0.5) is 5.69 Å². The maximum atomic E-state index is 6.12. The van der Waals surface area contributed by atoms with Crippen LogP contribution < -0.4 is 5.32 Å². The molecule has 1 N–H and O–H groups in total. The van der Waals surface area contributed by atoms with Gasteiger partial charge in [-0.2, -0.15) is 5.10 Å². The fourth-order valence-electron chi connectivity index (χ4n) is 1.90. The van der Waals surface area contributed by atoms with Crippen LogP contribution in [0.3, 0.4) is 0 Å². The van der Waals surface area contributed by atoms with Gasteiger partial charge in [-0.05, 0) is 47.0 Å². The van der Waals surface area contributed by atoms with E-state index in [1.165, 1.54) is 0 Å². The lowest BCUT2D eigenvalue weighted by Gasteiger charge is -2.08. The van der Waals surface area contributed by atoms with E-state index < -0.39 is 0 Å². The maximum absolute atomic E-state index is 6.12. The molecule has 0 saturated carbocycles. The Morgan fingerprint density at radius 1 is 1.42 bits per heavy atom. The summed E-state index contributed by atoms with van der Waals surface area (Å²) in [5.41, 5.74) is 4.32. The smallest absolute Gasteiger partial charge is 0.0767 e. The largest absolute Gasteiger partial charge is 0.379 e. The fraction of sp³-hybridized carbons (Fsp3) is 0.357. The first-order valence-electron chi connectivity index (χ1n) is 6.23. The molecule has 19 heavy (non-hydrogen) atoms. The Labute approximate surface area is 127 Å². The molecule has 0 fully saturated rings. The van der Waals surface area contributed by atoms with Crippen molar-refractivity contribution in [1.29, 1.82) is 0 Å². The van der Waals surface area contributed by atoms with Crippen LogP contribution in [0.25, 0.3) is 0 Å². The molecule has 5 heteroatoms. The topological polar surface area (TPSA) is 29.9 Å². The Kier molecular flexibility index (Phi) is 4.53. The number of anilines is 1. The highest BCUT2D eigenvalue weighted by Gasteiger charge is 2.12. The lowest BCUT2D eigenvalue weighted by Crippen LogP contribution is -2.06. The summed E-state index contributed by atoms with van der Waals surface area (Å²) in [6.45, 7) is 4.81. The van der Waals surface area contributed by atoms with E-state index in [1.54, 1.807) is 0 Å². The van der Waals surface area contributed by atoms with Crippen molar-refractivity contribution in [2.24, 2.45) is 7.05 Å². The van der Waals surface area contributed by atoms with Gasteiger partial charge in [0.15, 0.2) is 0 Å². The number of aryl methyl sites for hydroxylation is 3. The van der Waals surface area contributed by atoms with Gasteiger partial charge in [0, 0.05) is 17.8 Å². The van der Waals surface area contributed by atoms with Crippen molar-refractivity contribution >= 4 is 33.2 Å². The van der Waals surface area contributed by atoms with Crippen LogP contribution in [0, 0.1) is 6.92 Å². The monoisotopic (exact) mass is 341 g/mol. The van der Waals surface area contributed by atoms with E-state index in [0.717, 1.165) is 38.6 Å². The number of hydrogen-bond acceptors (Lipinski definition) is 2. The van der Waals surface area contributed by atoms with E-state index in [4.69, 9.17) is 11.6 Å². The Morgan fingerprint density at radius 3 is 2.74 bits per heavy atom. The SMILES string of the molecule is CCc1nn(C)c(CNc2ccc(C)c(Cl)c2)c1Br. The Balaban J connectivity index is 2.14. The first kappa shape index (κ1) is 14.4. The normalized spacial score (nSPS) is 10.8. The number of halogens is 2. The molecule has 0 unspecified atom stereocenters. The Bertz CT molecular complexity index is 593. The summed E-state index contributed by atoms with van der Waals surface area (Å²) in [7, 11) is 1.96. The zero-order valence-corrected chi connectivity index (χ0v) is 13.6. The summed E-state index contributed by atoms with van der Waals surface area (Å²) in [5, 5.41) is 8.63. The molecule has 0 atom stereocenters. The van der Waals surface area contributed by atoms with Gasteiger partial charge in [0.1, 0.15) is 0 Å². The molecule has 3 nitrogen and oxygen atoms in total. The van der Waals surface area contributed by atoms with Gasteiger partial charge >= 0.3 is 0 Å². The van der Waals surface area contributed by atoms with Crippen LogP contribution >= 0.6 is 27.5 Å². The average Bonchev–Trinajstić information content (AvgIpc) is 2.66. The van der Waals surface area contributed by atoms with Crippen molar-refractivity contribution in [2.75, 3.05) is 5.32 Å². The molecule has 0 aliphatic carbocycles. The van der Waals surface area contributed by atoms with Crippen LogP contribution in [-0.4, -0.2) is 9.78 Å². The van der Waals surface area contributed by atoms with Crippen molar-refractivity contribution in [2.45, 2.75) is 26.8 Å². The molecule has 0 aliphatic heterocycles. The fourth-order valence-corrected chi connectivity index (χ4v) is 2.84. The third kappa shape index (κ3) is 3.12. The number of benzene rings is 1. The number of hydrogen-bond donors (Lipinski definition) is 1. The maximum Gasteiger partial charge on any atom is 0.0767 e. The lowest BCUT2D eigenvalue weighted by molar-refractivity contribution is 0.706. The molecule has 1 heterocycles. The Hall–Kier alpha value is -1.000. The van der Waals surface area contributed by atoms with Gasteiger partial charge in [0.05, 0.1) is 22.4 Å². The zero-order chi connectivity index (χ0) is 14.0. The predicted molar refractivity (Wildman–Crippen MR) is 83.8 cm³/mol. The second kappa shape index (κ2) is 5.97.